The summed E-state index contributed by atoms with van der Waals surface area (Å²) in [6.07, 6.45) is 0.385. The van der Waals surface area contributed by atoms with Crippen molar-refractivity contribution in [3.63, 3.8) is 0 Å². The van der Waals surface area contributed by atoms with E-state index in [0.29, 0.717) is 0 Å². The standard InChI is InChI=1S/C8H12N2O3/c1-5-4-9-10(2)6(5)3-7(11)8(12)13/h4,7,11H,3H2,1-2H3,(H,12,13)/t7-/m1/s1. The molecule has 13 heavy (non-hydrogen) atoms. The highest BCUT2D eigenvalue weighted by molar-refractivity contribution is 5.72. The molecule has 1 rings (SSSR count). The lowest BCUT2D eigenvalue weighted by molar-refractivity contribution is -0.146. The summed E-state index contributed by atoms with van der Waals surface area (Å²) in [5.74, 6) is -1.21. The number of aryl methyl sites for hydroxylation is 2. The maximum absolute atomic E-state index is 10.4. The maximum Gasteiger partial charge on any atom is 0.332 e. The highest BCUT2D eigenvalue weighted by Gasteiger charge is 2.17. The van der Waals surface area contributed by atoms with Crippen LogP contribution in [-0.4, -0.2) is 32.1 Å². The zero-order valence-electron chi connectivity index (χ0n) is 7.56. The number of aliphatic carboxylic acids is 1. The van der Waals surface area contributed by atoms with Crippen LogP contribution >= 0.6 is 0 Å². The van der Waals surface area contributed by atoms with E-state index < -0.39 is 12.1 Å². The molecule has 0 aromatic carbocycles. The van der Waals surface area contributed by atoms with Gasteiger partial charge in [0.1, 0.15) is 0 Å². The van der Waals surface area contributed by atoms with Crippen molar-refractivity contribution in [2.45, 2.75) is 19.4 Å². The second-order valence-electron chi connectivity index (χ2n) is 2.96. The molecule has 0 unspecified atom stereocenters. The first kappa shape index (κ1) is 9.73. The van der Waals surface area contributed by atoms with Crippen LogP contribution in [0, 0.1) is 6.92 Å². The van der Waals surface area contributed by atoms with Gasteiger partial charge in [-0.05, 0) is 12.5 Å². The topological polar surface area (TPSA) is 75.3 Å². The summed E-state index contributed by atoms with van der Waals surface area (Å²) in [5, 5.41) is 21.5. The number of aliphatic hydroxyl groups excluding tert-OH is 1. The normalized spacial score (nSPS) is 12.8. The first-order chi connectivity index (χ1) is 6.02. The summed E-state index contributed by atoms with van der Waals surface area (Å²) in [5.41, 5.74) is 1.64. The van der Waals surface area contributed by atoms with E-state index in [-0.39, 0.29) is 6.42 Å². The molecule has 1 atom stereocenters. The molecule has 0 radical (unpaired) electrons. The van der Waals surface area contributed by atoms with E-state index in [1.807, 2.05) is 6.92 Å². The lowest BCUT2D eigenvalue weighted by Crippen LogP contribution is -2.23. The fourth-order valence-corrected chi connectivity index (χ4v) is 1.14. The van der Waals surface area contributed by atoms with Crippen LogP contribution in [0.15, 0.2) is 6.20 Å². The predicted molar refractivity (Wildman–Crippen MR) is 45.3 cm³/mol. The van der Waals surface area contributed by atoms with Crippen molar-refractivity contribution in [3.8, 4) is 0 Å². The minimum atomic E-state index is -1.35. The summed E-state index contributed by atoms with van der Waals surface area (Å²) in [6, 6.07) is 0. The van der Waals surface area contributed by atoms with Crippen LogP contribution in [0.3, 0.4) is 0 Å². The Morgan fingerprint density at radius 3 is 2.77 bits per heavy atom. The SMILES string of the molecule is Cc1cnn(C)c1C[C@@H](O)C(=O)O. The molecule has 1 aromatic heterocycles. The Labute approximate surface area is 75.6 Å². The molecule has 0 amide bonds. The smallest absolute Gasteiger partial charge is 0.332 e. The van der Waals surface area contributed by atoms with Gasteiger partial charge in [0, 0.05) is 19.2 Å². The minimum absolute atomic E-state index is 0.0949. The maximum atomic E-state index is 10.4. The number of aromatic nitrogens is 2. The van der Waals surface area contributed by atoms with Crippen LogP contribution in [0.5, 0.6) is 0 Å². The van der Waals surface area contributed by atoms with Gasteiger partial charge in [-0.2, -0.15) is 5.10 Å². The zero-order chi connectivity index (χ0) is 10.0. The van der Waals surface area contributed by atoms with Crippen LogP contribution in [0.2, 0.25) is 0 Å². The van der Waals surface area contributed by atoms with Crippen LogP contribution in [0.4, 0.5) is 0 Å². The molecule has 0 aliphatic heterocycles. The van der Waals surface area contributed by atoms with Crippen LogP contribution < -0.4 is 0 Å². The van der Waals surface area contributed by atoms with E-state index in [1.54, 1.807) is 17.9 Å². The summed E-state index contributed by atoms with van der Waals surface area (Å²) in [6.45, 7) is 1.83. The third kappa shape index (κ3) is 2.06. The van der Waals surface area contributed by atoms with Gasteiger partial charge in [-0.1, -0.05) is 0 Å². The second kappa shape index (κ2) is 3.57. The Kier molecular flexibility index (Phi) is 2.67. The lowest BCUT2D eigenvalue weighted by Gasteiger charge is -2.06. The first-order valence-electron chi connectivity index (χ1n) is 3.90. The van der Waals surface area contributed by atoms with Crippen molar-refractivity contribution < 1.29 is 15.0 Å². The van der Waals surface area contributed by atoms with Crippen LogP contribution in [-0.2, 0) is 18.3 Å². The van der Waals surface area contributed by atoms with Gasteiger partial charge < -0.3 is 10.2 Å². The van der Waals surface area contributed by atoms with Crippen molar-refractivity contribution in [1.29, 1.82) is 0 Å². The number of rotatable bonds is 3. The summed E-state index contributed by atoms with van der Waals surface area (Å²) in [4.78, 5) is 10.4. The second-order valence-corrected chi connectivity index (χ2v) is 2.96. The number of carbonyl (C=O) groups is 1. The quantitative estimate of drug-likeness (QED) is 0.677. The van der Waals surface area contributed by atoms with E-state index in [1.165, 1.54) is 0 Å². The Morgan fingerprint density at radius 2 is 2.38 bits per heavy atom. The molecule has 5 nitrogen and oxygen atoms in total. The molecule has 72 valence electrons. The zero-order valence-corrected chi connectivity index (χ0v) is 7.56. The molecule has 0 spiro atoms. The number of aliphatic hydroxyl groups is 1. The van der Waals surface area contributed by atoms with Gasteiger partial charge in [0.15, 0.2) is 6.10 Å². The average Bonchev–Trinajstić information content (AvgIpc) is 2.35. The fourth-order valence-electron chi connectivity index (χ4n) is 1.14. The molecular formula is C8H12N2O3. The van der Waals surface area contributed by atoms with Gasteiger partial charge >= 0.3 is 5.97 Å². The number of hydrogen-bond acceptors (Lipinski definition) is 3. The number of carboxylic acids is 1. The van der Waals surface area contributed by atoms with Crippen molar-refractivity contribution in [2.75, 3.05) is 0 Å². The van der Waals surface area contributed by atoms with Crippen LogP contribution in [0.1, 0.15) is 11.3 Å². The number of carboxylic acid groups (broad SMARTS) is 1. The van der Waals surface area contributed by atoms with E-state index in [4.69, 9.17) is 10.2 Å². The van der Waals surface area contributed by atoms with Crippen molar-refractivity contribution >= 4 is 5.97 Å². The molecular weight excluding hydrogens is 172 g/mol. The fraction of sp³-hybridized carbons (Fsp3) is 0.500. The third-order valence-electron chi connectivity index (χ3n) is 1.94. The van der Waals surface area contributed by atoms with Gasteiger partial charge in [0.2, 0.25) is 0 Å². The molecule has 0 aliphatic carbocycles. The molecule has 5 heteroatoms. The summed E-state index contributed by atoms with van der Waals surface area (Å²) < 4.78 is 1.57. The molecule has 2 N–H and O–H groups in total. The minimum Gasteiger partial charge on any atom is -0.479 e. The molecule has 1 heterocycles. The molecule has 1 aromatic rings. The number of hydrogen-bond donors (Lipinski definition) is 2. The van der Waals surface area contributed by atoms with E-state index in [9.17, 15) is 4.79 Å². The Bertz CT molecular complexity index is 300. The average molecular weight is 184 g/mol. The molecule has 0 fully saturated rings. The Hall–Kier alpha value is -1.36. The first-order valence-corrected chi connectivity index (χ1v) is 3.90. The monoisotopic (exact) mass is 184 g/mol. The summed E-state index contributed by atoms with van der Waals surface area (Å²) in [7, 11) is 1.72. The van der Waals surface area contributed by atoms with Gasteiger partial charge in [0.25, 0.3) is 0 Å². The van der Waals surface area contributed by atoms with Crippen LogP contribution in [0.25, 0.3) is 0 Å². The molecule has 0 aliphatic rings. The van der Waals surface area contributed by atoms with E-state index in [2.05, 4.69) is 5.10 Å². The van der Waals surface area contributed by atoms with Gasteiger partial charge in [-0.25, -0.2) is 4.79 Å². The third-order valence-corrected chi connectivity index (χ3v) is 1.94. The Morgan fingerprint density at radius 1 is 1.77 bits per heavy atom. The van der Waals surface area contributed by atoms with Crippen molar-refractivity contribution in [2.24, 2.45) is 7.05 Å². The highest BCUT2D eigenvalue weighted by Crippen LogP contribution is 2.08. The highest BCUT2D eigenvalue weighted by atomic mass is 16.4. The largest absolute Gasteiger partial charge is 0.479 e. The van der Waals surface area contributed by atoms with Crippen molar-refractivity contribution in [1.82, 2.24) is 9.78 Å². The van der Waals surface area contributed by atoms with Gasteiger partial charge in [0.05, 0.1) is 6.20 Å². The lowest BCUT2D eigenvalue weighted by atomic mass is 10.1. The van der Waals surface area contributed by atoms with Gasteiger partial charge in [-0.15, -0.1) is 0 Å². The Balaban J connectivity index is 2.79. The molecule has 0 bridgehead atoms. The molecule has 0 saturated heterocycles. The summed E-state index contributed by atoms with van der Waals surface area (Å²) >= 11 is 0. The van der Waals surface area contributed by atoms with E-state index >= 15 is 0 Å². The molecule has 0 saturated carbocycles. The predicted octanol–water partition coefficient (Wildman–Crippen LogP) is -0.283. The van der Waals surface area contributed by atoms with Crippen molar-refractivity contribution in [3.05, 3.63) is 17.5 Å². The number of nitrogens with zero attached hydrogens (tertiary/aromatic N) is 2. The van der Waals surface area contributed by atoms with Gasteiger partial charge in [-0.3, -0.25) is 4.68 Å². The van der Waals surface area contributed by atoms with E-state index in [0.717, 1.165) is 11.3 Å².